The van der Waals surface area contributed by atoms with Gasteiger partial charge in [0.15, 0.2) is 5.75 Å². The van der Waals surface area contributed by atoms with Crippen LogP contribution in [0.1, 0.15) is 10.4 Å². The summed E-state index contributed by atoms with van der Waals surface area (Å²) in [5, 5.41) is -0.168. The number of rotatable bonds is 4. The third-order valence-corrected chi connectivity index (χ3v) is 4.71. The minimum Gasteiger partial charge on any atom is -0.378 e. The fourth-order valence-corrected chi connectivity index (χ4v) is 3.67. The summed E-state index contributed by atoms with van der Waals surface area (Å²) in [5.74, 6) is -1.01. The van der Waals surface area contributed by atoms with Crippen molar-refractivity contribution >= 4 is 39.2 Å². The van der Waals surface area contributed by atoms with E-state index in [1.165, 1.54) is 42.5 Å². The predicted octanol–water partition coefficient (Wildman–Crippen LogP) is 2.86. The summed E-state index contributed by atoms with van der Waals surface area (Å²) in [7, 11) is -4.30. The second kappa shape index (κ2) is 5.93. The van der Waals surface area contributed by atoms with Gasteiger partial charge in [-0.15, -0.1) is 0 Å². The number of carbonyl (C=O) groups excluding carboxylic acids is 1. The fourth-order valence-electron chi connectivity index (χ4n) is 1.62. The largest absolute Gasteiger partial charge is 0.378 e. The van der Waals surface area contributed by atoms with E-state index in [2.05, 4.69) is 0 Å². The van der Waals surface area contributed by atoms with Gasteiger partial charge in [0.05, 0.1) is 15.6 Å². The highest BCUT2D eigenvalue weighted by Crippen LogP contribution is 2.32. The Morgan fingerprint density at radius 2 is 1.57 bits per heavy atom. The summed E-state index contributed by atoms with van der Waals surface area (Å²) in [5.41, 5.74) is 5.10. The highest BCUT2D eigenvalue weighted by Gasteiger charge is 2.25. The van der Waals surface area contributed by atoms with Gasteiger partial charge in [-0.05, 0) is 24.3 Å². The van der Waals surface area contributed by atoms with E-state index in [1.807, 2.05) is 0 Å². The van der Waals surface area contributed by atoms with Crippen molar-refractivity contribution in [2.45, 2.75) is 4.90 Å². The Balaban J connectivity index is 2.51. The molecule has 2 rings (SSSR count). The van der Waals surface area contributed by atoms with E-state index in [0.717, 1.165) is 0 Å². The van der Waals surface area contributed by atoms with Crippen LogP contribution in [-0.4, -0.2) is 14.3 Å². The van der Waals surface area contributed by atoms with Crippen LogP contribution >= 0.6 is 23.2 Å². The number of halogens is 2. The summed E-state index contributed by atoms with van der Waals surface area (Å²) in [4.78, 5) is 10.9. The summed E-state index contributed by atoms with van der Waals surface area (Å²) in [6.07, 6.45) is 0. The van der Waals surface area contributed by atoms with E-state index in [1.54, 1.807) is 0 Å². The SMILES string of the molecule is NC(=O)c1ccccc1OS(=O)(=O)c1c(Cl)cccc1Cl. The summed E-state index contributed by atoms with van der Waals surface area (Å²) in [6.45, 7) is 0. The van der Waals surface area contributed by atoms with Gasteiger partial charge in [-0.3, -0.25) is 4.79 Å². The zero-order valence-corrected chi connectivity index (χ0v) is 12.7. The molecule has 2 aromatic rings. The van der Waals surface area contributed by atoms with Gasteiger partial charge in [0.25, 0.3) is 5.91 Å². The molecule has 21 heavy (non-hydrogen) atoms. The second-order valence-electron chi connectivity index (χ2n) is 3.95. The first-order valence-corrected chi connectivity index (χ1v) is 7.76. The lowest BCUT2D eigenvalue weighted by Crippen LogP contribution is -2.16. The van der Waals surface area contributed by atoms with Crippen molar-refractivity contribution in [1.82, 2.24) is 0 Å². The molecule has 8 heteroatoms. The molecule has 0 aliphatic carbocycles. The standard InChI is InChI=1S/C13H9Cl2NO4S/c14-9-5-3-6-10(15)12(9)21(18,19)20-11-7-2-1-4-8(11)13(16)17/h1-7H,(H2,16,17). The van der Waals surface area contributed by atoms with Crippen LogP contribution < -0.4 is 9.92 Å². The van der Waals surface area contributed by atoms with E-state index in [-0.39, 0.29) is 26.3 Å². The van der Waals surface area contributed by atoms with Crippen molar-refractivity contribution in [2.75, 3.05) is 0 Å². The highest BCUT2D eigenvalue weighted by molar-refractivity contribution is 7.87. The molecule has 0 saturated heterocycles. The van der Waals surface area contributed by atoms with Gasteiger partial charge in [-0.25, -0.2) is 0 Å². The van der Waals surface area contributed by atoms with Crippen LogP contribution in [0.15, 0.2) is 47.4 Å². The number of nitrogens with two attached hydrogens (primary N) is 1. The molecule has 2 N–H and O–H groups in total. The van der Waals surface area contributed by atoms with Gasteiger partial charge in [0.2, 0.25) is 0 Å². The Kier molecular flexibility index (Phi) is 4.41. The fraction of sp³-hybridized carbons (Fsp3) is 0. The smallest absolute Gasteiger partial charge is 0.342 e. The zero-order chi connectivity index (χ0) is 15.6. The first kappa shape index (κ1) is 15.6. The maximum Gasteiger partial charge on any atom is 0.342 e. The highest BCUT2D eigenvalue weighted by atomic mass is 35.5. The number of hydrogen-bond donors (Lipinski definition) is 1. The Morgan fingerprint density at radius 3 is 2.14 bits per heavy atom. The molecular weight excluding hydrogens is 337 g/mol. The lowest BCUT2D eigenvalue weighted by Gasteiger charge is -2.11. The van der Waals surface area contributed by atoms with Gasteiger partial charge in [-0.2, -0.15) is 8.42 Å². The minimum absolute atomic E-state index is 0.0655. The molecule has 5 nitrogen and oxygen atoms in total. The average Bonchev–Trinajstić information content (AvgIpc) is 2.37. The molecule has 0 aromatic heterocycles. The molecule has 0 unspecified atom stereocenters. The van der Waals surface area contributed by atoms with Gasteiger partial charge < -0.3 is 9.92 Å². The number of amides is 1. The Bertz CT molecular complexity index is 785. The lowest BCUT2D eigenvalue weighted by molar-refractivity contribution is 0.0999. The van der Waals surface area contributed by atoms with E-state index < -0.39 is 16.0 Å². The molecule has 0 spiro atoms. The first-order chi connectivity index (χ1) is 9.83. The van der Waals surface area contributed by atoms with Crippen molar-refractivity contribution < 1.29 is 17.4 Å². The first-order valence-electron chi connectivity index (χ1n) is 5.60. The monoisotopic (exact) mass is 345 g/mol. The summed E-state index contributed by atoms with van der Waals surface area (Å²) in [6, 6.07) is 9.92. The van der Waals surface area contributed by atoms with E-state index >= 15 is 0 Å². The number of para-hydroxylation sites is 1. The predicted molar refractivity (Wildman–Crippen MR) is 79.2 cm³/mol. The molecule has 0 bridgehead atoms. The van der Waals surface area contributed by atoms with E-state index in [9.17, 15) is 13.2 Å². The van der Waals surface area contributed by atoms with Crippen molar-refractivity contribution in [3.63, 3.8) is 0 Å². The van der Waals surface area contributed by atoms with Crippen LogP contribution in [0.25, 0.3) is 0 Å². The van der Waals surface area contributed by atoms with Crippen LogP contribution in [0.2, 0.25) is 10.0 Å². The lowest BCUT2D eigenvalue weighted by atomic mass is 10.2. The molecule has 0 heterocycles. The third kappa shape index (κ3) is 3.29. The van der Waals surface area contributed by atoms with Gasteiger partial charge in [0, 0.05) is 0 Å². The molecule has 0 aliphatic heterocycles. The Hall–Kier alpha value is -1.76. The molecule has 110 valence electrons. The van der Waals surface area contributed by atoms with E-state index in [4.69, 9.17) is 33.1 Å². The zero-order valence-electron chi connectivity index (χ0n) is 10.4. The molecule has 0 radical (unpaired) electrons. The van der Waals surface area contributed by atoms with Gasteiger partial charge >= 0.3 is 10.1 Å². The normalized spacial score (nSPS) is 11.1. The maximum absolute atomic E-state index is 12.3. The average molecular weight is 346 g/mol. The Labute approximate surface area is 131 Å². The van der Waals surface area contributed by atoms with Gasteiger partial charge in [-0.1, -0.05) is 41.4 Å². The molecule has 1 amide bonds. The van der Waals surface area contributed by atoms with Crippen molar-refractivity contribution in [1.29, 1.82) is 0 Å². The van der Waals surface area contributed by atoms with Crippen LogP contribution in [0, 0.1) is 0 Å². The van der Waals surface area contributed by atoms with E-state index in [0.29, 0.717) is 0 Å². The Morgan fingerprint density at radius 1 is 1.00 bits per heavy atom. The molecule has 0 saturated carbocycles. The second-order valence-corrected chi connectivity index (χ2v) is 6.25. The molecule has 0 fully saturated rings. The van der Waals surface area contributed by atoms with Crippen molar-refractivity contribution in [3.8, 4) is 5.75 Å². The number of primary amides is 1. The van der Waals surface area contributed by atoms with Gasteiger partial charge in [0.1, 0.15) is 4.90 Å². The third-order valence-electron chi connectivity index (χ3n) is 2.52. The van der Waals surface area contributed by atoms with Crippen LogP contribution in [0.3, 0.4) is 0 Å². The molecule has 0 aliphatic rings. The van der Waals surface area contributed by atoms with Crippen molar-refractivity contribution in [3.05, 3.63) is 58.1 Å². The van der Waals surface area contributed by atoms with Crippen LogP contribution in [0.5, 0.6) is 5.75 Å². The number of benzene rings is 2. The van der Waals surface area contributed by atoms with Crippen molar-refractivity contribution in [2.24, 2.45) is 5.73 Å². The minimum atomic E-state index is -4.30. The summed E-state index contributed by atoms with van der Waals surface area (Å²) < 4.78 is 29.5. The topological polar surface area (TPSA) is 86.5 Å². The quantitative estimate of drug-likeness (QED) is 0.863. The number of hydrogen-bond acceptors (Lipinski definition) is 4. The maximum atomic E-state index is 12.3. The summed E-state index contributed by atoms with van der Waals surface area (Å²) >= 11 is 11.7. The van der Waals surface area contributed by atoms with Crippen LogP contribution in [-0.2, 0) is 10.1 Å². The molecular formula is C13H9Cl2NO4S. The molecule has 0 atom stereocenters. The molecule has 2 aromatic carbocycles. The van der Waals surface area contributed by atoms with Crippen LogP contribution in [0.4, 0.5) is 0 Å². The number of carbonyl (C=O) groups is 1.